The van der Waals surface area contributed by atoms with Gasteiger partial charge in [-0.25, -0.2) is 24.1 Å². The van der Waals surface area contributed by atoms with Gasteiger partial charge in [-0.2, -0.15) is 10.2 Å². The number of H-pyrrole nitrogens is 2. The Morgan fingerprint density at radius 1 is 0.447 bits per heavy atom. The molecule has 12 aliphatic rings. The van der Waals surface area contributed by atoms with Crippen LogP contribution in [0.25, 0.3) is 44.3 Å². The maximum absolute atomic E-state index is 13.7. The minimum absolute atomic E-state index is 0.0415. The highest BCUT2D eigenvalue weighted by Gasteiger charge is 2.48. The van der Waals surface area contributed by atoms with E-state index in [4.69, 9.17) is 25.9 Å². The number of nitrogens with one attached hydrogen (secondary N) is 4. The van der Waals surface area contributed by atoms with Gasteiger partial charge in [0, 0.05) is 204 Å². The molecule has 2 unspecified atom stereocenters. The molecule has 10 aromatic rings. The van der Waals surface area contributed by atoms with Crippen LogP contribution in [0.4, 0.5) is 40.6 Å². The fraction of sp³-hybridized carbons (Fsp3) is 0.485. The van der Waals surface area contributed by atoms with E-state index in [1.54, 1.807) is 41.8 Å². The lowest BCUT2D eigenvalue weighted by atomic mass is 9.91. The number of piperazine rings is 2. The second-order valence-electron chi connectivity index (χ2n) is 40.4. The standard InChI is InChI=1S/C51H60N14O5.C43H52N10O4.C7H9N5O2/c1-30-25-62(45-23-36(11-16-52-45)47-40-21-35(5-8-42(40)54-55-47)22-44(66)41-29-64-51(56-57-58-64)59(4)32(41)3)26-31(2)63(30)28-34-12-17-60(18-13-34)27-33-14-19-61(20-15-33)37-6-7-38-39(24-37)50(70)65(49(38)69)43-9-10-46(67)53-48(43)68;1-26-22-51(38-19-30(9-14-45-38)40-35-20-31(44)3-6-36(35)47-48-40)23-27(2)52(26)25-29-10-15-49(16-11-29)24-28-12-17-50(18-13-28)32-4-5-33-34(21-32)43(57)53(42(33)56)37-7-8-39(54)46-41(37)55;1-4-5(6(13)14)3-12-7(11(4)2)8-9-10-12/h5-8,11,16,21,23-24,30-31,33-34,43H,9-10,12-15,17-20,22,25-29H2,1-4H3,(H,54,55)(H,53,67,68);3-6,9,14,19-21,26-29,37H,7-8,10-13,15-18,22-25,44H2,1-2H3,(H,47,48)(H,46,54,55);3H2,1-2H3,(H,13,14)/t30-,31+,43?;26-,27+,37?;. The third-order valence-electron chi connectivity index (χ3n) is 31.4. The van der Waals surface area contributed by atoms with E-state index >= 15 is 0 Å². The maximum atomic E-state index is 13.7. The number of rotatable bonds is 20. The molecule has 0 bridgehead atoms. The highest BCUT2D eigenvalue weighted by molar-refractivity contribution is 6.25. The number of anilines is 7. The molecule has 0 radical (unpaired) electrons. The lowest BCUT2D eigenvalue weighted by Gasteiger charge is -2.47. The zero-order chi connectivity index (χ0) is 98.0. The summed E-state index contributed by atoms with van der Waals surface area (Å²) in [5.74, 6) is 1.01. The van der Waals surface area contributed by atoms with Gasteiger partial charge in [0.1, 0.15) is 35.1 Å². The molecule has 12 aliphatic heterocycles. The summed E-state index contributed by atoms with van der Waals surface area (Å²) in [7, 11) is 3.61. The minimum Gasteiger partial charge on any atom is -0.478 e. The Hall–Kier alpha value is -14.1. The number of imide groups is 4. The molecule has 8 saturated heterocycles. The van der Waals surface area contributed by atoms with Crippen LogP contribution in [-0.2, 0) is 48.3 Å². The normalized spacial score (nSPS) is 23.0. The first kappa shape index (κ1) is 94.5. The summed E-state index contributed by atoms with van der Waals surface area (Å²) < 4.78 is 3.11. The molecule has 22 rings (SSSR count). The smallest absolute Gasteiger partial charge is 0.335 e. The van der Waals surface area contributed by atoms with Crippen LogP contribution in [0, 0.1) is 23.7 Å². The number of aromatic nitrogens is 14. The van der Waals surface area contributed by atoms with Crippen LogP contribution >= 0.6 is 0 Å². The number of likely N-dealkylation sites (tertiary alicyclic amines) is 2. The number of aromatic amines is 2. The highest BCUT2D eigenvalue weighted by Crippen LogP contribution is 2.41. The van der Waals surface area contributed by atoms with E-state index in [0.29, 0.717) is 105 Å². The molecule has 8 fully saturated rings. The number of hydrogen-bond donors (Lipinski definition) is 6. The van der Waals surface area contributed by atoms with Crippen molar-refractivity contribution in [2.45, 2.75) is 174 Å². The van der Waals surface area contributed by atoms with Gasteiger partial charge in [-0.1, -0.05) is 16.3 Å². The molecule has 4 aromatic carbocycles. The number of carbonyl (C=O) groups excluding carboxylic acids is 9. The number of nitrogens with zero attached hydrogens (tertiary/aromatic N) is 24. The highest BCUT2D eigenvalue weighted by atomic mass is 16.4. The fourth-order valence-electron chi connectivity index (χ4n) is 23.1. The molecule has 6 aromatic heterocycles. The molecular weight excluding hydrogens is 1800 g/mol. The Labute approximate surface area is 815 Å². The number of amides is 8. The summed E-state index contributed by atoms with van der Waals surface area (Å²) >= 11 is 0. The number of fused-ring (bicyclic) bond motifs is 6. The van der Waals surface area contributed by atoms with Gasteiger partial charge >= 0.3 is 5.97 Å². The number of piperidine rings is 6. The number of carboxylic acid groups (broad SMARTS) is 1. The number of allylic oxidation sites excluding steroid dienone is 3. The number of ketones is 1. The fourth-order valence-corrected chi connectivity index (χ4v) is 23.1. The average Bonchev–Trinajstić information content (AvgIpc) is 1.60. The van der Waals surface area contributed by atoms with Gasteiger partial charge in [0.15, 0.2) is 5.78 Å². The Morgan fingerprint density at radius 3 is 1.29 bits per heavy atom. The van der Waals surface area contributed by atoms with Crippen molar-refractivity contribution in [1.29, 1.82) is 0 Å². The van der Waals surface area contributed by atoms with E-state index in [2.05, 4.69) is 142 Å². The first-order chi connectivity index (χ1) is 68.1. The Kier molecular flexibility index (Phi) is 26.5. The van der Waals surface area contributed by atoms with Gasteiger partial charge in [0.05, 0.1) is 51.9 Å². The SMILES string of the molecule is CC1=C(C(=O)Cc2ccc3[nH]nc(-c4ccnc(N5C[C@@H](C)N(CC6CCN(CC7CCN(c8ccc9c(c8)C(=O)N(C8CCC(=O)NC8=O)C9=O)CC7)CC6)[C@@H](C)C5)c4)c3c2)Cn2nnnc2N1C.CC1=C(C(=O)O)Cn2nnnc2N1C.C[C@@H]1CN(c2cc(-c3n[nH]c4ccc(N)cc34)ccn2)C[C@H](C)N1CC1CCN(CC2CCN(c3ccc4c(c3)C(=O)N(C3CCC(=O)NC3=O)C4=O)CC2)CC1. The number of hydrogen-bond acceptors (Lipinski definition) is 31. The van der Waals surface area contributed by atoms with Crippen molar-refractivity contribution in [2.75, 3.05) is 154 Å². The summed E-state index contributed by atoms with van der Waals surface area (Å²) in [5.41, 5.74) is 19.1. The molecule has 141 heavy (non-hydrogen) atoms. The lowest BCUT2D eigenvalue weighted by Crippen LogP contribution is -2.58. The van der Waals surface area contributed by atoms with Gasteiger partial charge in [-0.15, -0.1) is 0 Å². The summed E-state index contributed by atoms with van der Waals surface area (Å²) in [6.07, 6.45) is 13.7. The third kappa shape index (κ3) is 19.1. The van der Waals surface area contributed by atoms with Crippen LogP contribution in [0.2, 0.25) is 0 Å². The van der Waals surface area contributed by atoms with Crippen LogP contribution in [0.3, 0.4) is 0 Å². The summed E-state index contributed by atoms with van der Waals surface area (Å²) in [6, 6.07) is 30.8. The van der Waals surface area contributed by atoms with Crippen molar-refractivity contribution in [3.05, 3.63) is 160 Å². The number of nitrogens with two attached hydrogens (primary N) is 1. The minimum atomic E-state index is -0.964. The molecule has 0 spiro atoms. The third-order valence-corrected chi connectivity index (χ3v) is 31.4. The summed E-state index contributed by atoms with van der Waals surface area (Å²) in [6.45, 7) is 29.8. The molecule has 0 saturated carbocycles. The number of carboxylic acids is 1. The Balaban J connectivity index is 0.000000154. The van der Waals surface area contributed by atoms with E-state index in [1.165, 1.54) is 30.4 Å². The molecule has 18 heterocycles. The Morgan fingerprint density at radius 2 is 0.851 bits per heavy atom. The Bertz CT molecular complexity index is 6600. The van der Waals surface area contributed by atoms with Crippen molar-refractivity contribution in [3.8, 4) is 22.5 Å². The van der Waals surface area contributed by atoms with E-state index in [-0.39, 0.29) is 56.2 Å². The molecule has 8 amide bonds. The summed E-state index contributed by atoms with van der Waals surface area (Å²) in [4.78, 5) is 161. The summed E-state index contributed by atoms with van der Waals surface area (Å²) in [5, 5.41) is 54.0. The molecule has 7 N–H and O–H groups in total. The zero-order valence-corrected chi connectivity index (χ0v) is 80.9. The van der Waals surface area contributed by atoms with Crippen molar-refractivity contribution in [1.82, 2.24) is 111 Å². The molecular formula is C101H121N29O11. The molecule has 736 valence electrons. The van der Waals surface area contributed by atoms with Gasteiger partial charge < -0.3 is 50.0 Å². The predicted octanol–water partition coefficient (Wildman–Crippen LogP) is 7.69. The maximum Gasteiger partial charge on any atom is 0.335 e. The van der Waals surface area contributed by atoms with E-state index in [1.807, 2.05) is 91.9 Å². The van der Waals surface area contributed by atoms with Crippen LogP contribution in [0.15, 0.2) is 132 Å². The van der Waals surface area contributed by atoms with E-state index < -0.39 is 53.5 Å². The second-order valence-corrected chi connectivity index (χ2v) is 40.4. The first-order valence-electron chi connectivity index (χ1n) is 49.5. The lowest BCUT2D eigenvalue weighted by molar-refractivity contribution is -0.137. The van der Waals surface area contributed by atoms with Crippen molar-refractivity contribution in [2.24, 2.45) is 23.7 Å². The van der Waals surface area contributed by atoms with Crippen molar-refractivity contribution < 1.29 is 53.1 Å². The second kappa shape index (κ2) is 39.5. The predicted molar refractivity (Wildman–Crippen MR) is 527 cm³/mol. The van der Waals surface area contributed by atoms with Crippen molar-refractivity contribution >= 4 is 121 Å². The van der Waals surface area contributed by atoms with Crippen LogP contribution in [0.1, 0.15) is 166 Å². The zero-order valence-electron chi connectivity index (χ0n) is 80.9. The van der Waals surface area contributed by atoms with Gasteiger partial charge in [0.25, 0.3) is 23.6 Å². The number of pyridine rings is 2. The molecule has 40 nitrogen and oxygen atoms in total. The van der Waals surface area contributed by atoms with Crippen LogP contribution in [0.5, 0.6) is 0 Å². The quantitative estimate of drug-likeness (QED) is 0.0314. The topological polar surface area (TPSA) is 450 Å². The van der Waals surface area contributed by atoms with Crippen LogP contribution < -0.4 is 45.8 Å². The molecule has 0 aliphatic carbocycles. The number of nitrogen functional groups attached to an aromatic ring is 1. The number of carbonyl (C=O) groups is 10. The van der Waals surface area contributed by atoms with E-state index in [0.717, 1.165) is 224 Å². The van der Waals surface area contributed by atoms with Gasteiger partial charge in [-0.05, 0) is 273 Å². The van der Waals surface area contributed by atoms with Gasteiger partial charge in [0.2, 0.25) is 35.5 Å². The van der Waals surface area contributed by atoms with Crippen LogP contribution in [-0.4, -0.2) is 319 Å². The number of tetrazole rings is 2. The first-order valence-corrected chi connectivity index (χ1v) is 49.5. The largest absolute Gasteiger partial charge is 0.478 e. The number of Topliss-reactive ketones (excluding diaryl/α,β-unsaturated/α-hetero) is 1. The molecule has 6 atom stereocenters. The van der Waals surface area contributed by atoms with Gasteiger partial charge in [-0.3, -0.25) is 83.6 Å². The van der Waals surface area contributed by atoms with E-state index in [9.17, 15) is 47.9 Å². The average molecular weight is 1920 g/mol. The number of benzene rings is 4. The monoisotopic (exact) mass is 1920 g/mol. The number of aliphatic carboxylic acids is 1. The molecule has 40 heteroatoms. The van der Waals surface area contributed by atoms with Crippen molar-refractivity contribution in [3.63, 3.8) is 0 Å².